The molecule has 2 heterocycles. The summed E-state index contributed by atoms with van der Waals surface area (Å²) in [6, 6.07) is 0. The van der Waals surface area contributed by atoms with E-state index in [1.807, 2.05) is 20.8 Å². The van der Waals surface area contributed by atoms with Crippen LogP contribution in [-0.2, 0) is 9.16 Å². The highest BCUT2D eigenvalue weighted by atomic mass is 28.4. The van der Waals surface area contributed by atoms with Crippen LogP contribution in [0.3, 0.4) is 0 Å². The second-order valence-electron chi connectivity index (χ2n) is 10.9. The van der Waals surface area contributed by atoms with Crippen LogP contribution in [0.15, 0.2) is 0 Å². The van der Waals surface area contributed by atoms with Crippen LogP contribution in [0, 0.1) is 10.8 Å². The number of ether oxygens (including phenoxy) is 1. The molecule has 2 N–H and O–H groups in total. The first-order valence-electron chi connectivity index (χ1n) is 9.49. The minimum Gasteiger partial charge on any atom is -0.444 e. The maximum Gasteiger partial charge on any atom is 0.407 e. The van der Waals surface area contributed by atoms with Crippen LogP contribution in [0.4, 0.5) is 4.79 Å². The topological polar surface area (TPSA) is 59.6 Å². The summed E-state index contributed by atoms with van der Waals surface area (Å²) in [5, 5.41) is 6.77. The smallest absolute Gasteiger partial charge is 0.407 e. The van der Waals surface area contributed by atoms with Crippen molar-refractivity contribution in [3.05, 3.63) is 0 Å². The van der Waals surface area contributed by atoms with Crippen molar-refractivity contribution in [2.45, 2.75) is 78.1 Å². The molecule has 3 aliphatic rings. The fraction of sp³-hybridized carbons (Fsp3) is 0.947. The van der Waals surface area contributed by atoms with Gasteiger partial charge in [0.25, 0.3) is 0 Å². The van der Waals surface area contributed by atoms with E-state index in [2.05, 4.69) is 44.5 Å². The summed E-state index contributed by atoms with van der Waals surface area (Å²) in [6.07, 6.45) is 1.93. The Balaban J connectivity index is 1.85. The molecular formula is C19H38N2O3Si. The van der Waals surface area contributed by atoms with Gasteiger partial charge in [0, 0.05) is 37.1 Å². The Hall–Kier alpha value is -0.593. The molecule has 0 radical (unpaired) electrons. The number of piperidine rings is 2. The van der Waals surface area contributed by atoms with Gasteiger partial charge < -0.3 is 19.8 Å². The lowest BCUT2D eigenvalue weighted by Crippen LogP contribution is -2.67. The quantitative estimate of drug-likeness (QED) is 0.721. The number of carbonyl (C=O) groups is 1. The molecule has 3 fully saturated rings. The highest BCUT2D eigenvalue weighted by molar-refractivity contribution is 6.74. The Labute approximate surface area is 154 Å². The van der Waals surface area contributed by atoms with Crippen LogP contribution in [0.25, 0.3) is 0 Å². The van der Waals surface area contributed by atoms with Crippen molar-refractivity contribution in [1.82, 2.24) is 10.6 Å². The van der Waals surface area contributed by atoms with E-state index in [-0.39, 0.29) is 22.0 Å². The molecule has 0 spiro atoms. The highest BCUT2D eigenvalue weighted by Gasteiger charge is 2.58. The number of hydrogen-bond acceptors (Lipinski definition) is 4. The Bertz CT molecular complexity index is 500. The van der Waals surface area contributed by atoms with E-state index in [9.17, 15) is 4.79 Å². The largest absolute Gasteiger partial charge is 0.444 e. The van der Waals surface area contributed by atoms with Crippen LogP contribution in [0.1, 0.15) is 54.4 Å². The third kappa shape index (κ3) is 4.98. The van der Waals surface area contributed by atoms with Crippen LogP contribution in [-0.4, -0.2) is 46.3 Å². The summed E-state index contributed by atoms with van der Waals surface area (Å²) in [5.41, 5.74) is -0.0533. The van der Waals surface area contributed by atoms with E-state index in [4.69, 9.17) is 9.16 Å². The van der Waals surface area contributed by atoms with Crippen LogP contribution < -0.4 is 10.6 Å². The van der Waals surface area contributed by atoms with Crippen molar-refractivity contribution >= 4 is 14.4 Å². The fourth-order valence-electron chi connectivity index (χ4n) is 3.85. The number of carbonyl (C=O) groups excluding carboxylic acids is 1. The average molecular weight is 371 g/mol. The predicted octanol–water partition coefficient (Wildman–Crippen LogP) is 3.90. The van der Waals surface area contributed by atoms with E-state index < -0.39 is 13.9 Å². The second-order valence-corrected chi connectivity index (χ2v) is 15.7. The monoisotopic (exact) mass is 370 g/mol. The SMILES string of the molecule is CC(C)(C)OC(=O)NCC12CNCC(CO[Si](C)(C)C(C)(C)C)(C1)C2. The van der Waals surface area contributed by atoms with Crippen LogP contribution >= 0.6 is 0 Å². The molecule has 0 unspecified atom stereocenters. The zero-order valence-electron chi connectivity index (χ0n) is 17.5. The van der Waals surface area contributed by atoms with E-state index >= 15 is 0 Å². The third-order valence-corrected chi connectivity index (χ3v) is 10.5. The Kier molecular flexibility index (Phi) is 5.41. The van der Waals surface area contributed by atoms with E-state index in [0.29, 0.717) is 6.54 Å². The maximum atomic E-state index is 11.9. The Morgan fingerprint density at radius 1 is 1.08 bits per heavy atom. The Morgan fingerprint density at radius 2 is 1.64 bits per heavy atom. The number of alkyl carbamates (subject to hydrolysis) is 1. The number of hydrogen-bond donors (Lipinski definition) is 2. The minimum absolute atomic E-state index is 0.159. The van der Waals surface area contributed by atoms with Gasteiger partial charge in [-0.05, 0) is 51.7 Å². The summed E-state index contributed by atoms with van der Waals surface area (Å²) in [6.45, 7) is 20.6. The minimum atomic E-state index is -1.72. The molecule has 5 nitrogen and oxygen atoms in total. The number of rotatable bonds is 5. The van der Waals surface area contributed by atoms with Crippen molar-refractivity contribution < 1.29 is 14.0 Å². The number of nitrogens with one attached hydrogen (secondary N) is 2. The molecule has 0 atom stereocenters. The van der Waals surface area contributed by atoms with Gasteiger partial charge >= 0.3 is 6.09 Å². The van der Waals surface area contributed by atoms with Crippen LogP contribution in [0.2, 0.25) is 18.1 Å². The fourth-order valence-corrected chi connectivity index (χ4v) is 4.95. The molecule has 6 heteroatoms. The first-order chi connectivity index (χ1) is 11.2. The van der Waals surface area contributed by atoms with Gasteiger partial charge in [-0.2, -0.15) is 0 Å². The maximum absolute atomic E-state index is 11.9. The van der Waals surface area contributed by atoms with Crippen molar-refractivity contribution in [2.24, 2.45) is 10.8 Å². The van der Waals surface area contributed by atoms with Gasteiger partial charge in [0.05, 0.1) is 0 Å². The first-order valence-corrected chi connectivity index (χ1v) is 12.4. The van der Waals surface area contributed by atoms with Gasteiger partial charge in [-0.15, -0.1) is 0 Å². The van der Waals surface area contributed by atoms with Gasteiger partial charge in [-0.25, -0.2) is 4.79 Å². The van der Waals surface area contributed by atoms with Crippen molar-refractivity contribution in [2.75, 3.05) is 26.2 Å². The molecular weight excluding hydrogens is 332 g/mol. The van der Waals surface area contributed by atoms with Gasteiger partial charge in [0.15, 0.2) is 8.32 Å². The lowest BCUT2D eigenvalue weighted by atomic mass is 9.50. The summed E-state index contributed by atoms with van der Waals surface area (Å²) in [4.78, 5) is 11.9. The summed E-state index contributed by atoms with van der Waals surface area (Å²) < 4.78 is 11.9. The molecule has 0 aromatic heterocycles. The number of amides is 1. The molecule has 146 valence electrons. The summed E-state index contributed by atoms with van der Waals surface area (Å²) >= 11 is 0. The van der Waals surface area contributed by atoms with Gasteiger partial charge in [-0.3, -0.25) is 0 Å². The van der Waals surface area contributed by atoms with E-state index in [1.165, 1.54) is 0 Å². The molecule has 1 saturated carbocycles. The summed E-state index contributed by atoms with van der Waals surface area (Å²) in [5.74, 6) is 0. The summed E-state index contributed by atoms with van der Waals surface area (Å²) in [7, 11) is -1.72. The molecule has 2 saturated heterocycles. The Morgan fingerprint density at radius 3 is 2.16 bits per heavy atom. The highest BCUT2D eigenvalue weighted by Crippen LogP contribution is 2.57. The lowest BCUT2D eigenvalue weighted by molar-refractivity contribution is -0.100. The van der Waals surface area contributed by atoms with Gasteiger partial charge in [0.2, 0.25) is 0 Å². The molecule has 25 heavy (non-hydrogen) atoms. The third-order valence-electron chi connectivity index (χ3n) is 6.05. The molecule has 3 rings (SSSR count). The van der Waals surface area contributed by atoms with Crippen molar-refractivity contribution in [3.63, 3.8) is 0 Å². The van der Waals surface area contributed by atoms with E-state index in [1.54, 1.807) is 0 Å². The molecule has 0 aromatic carbocycles. The molecule has 1 amide bonds. The standard InChI is InChI=1S/C19H38N2O3Si/c1-16(2,3)24-15(22)21-13-18-9-19(10-18,12-20-11-18)14-23-25(7,8)17(4,5)6/h20H,9-14H2,1-8H3,(H,21,22). The molecule has 2 aliphatic heterocycles. The van der Waals surface area contributed by atoms with E-state index in [0.717, 1.165) is 32.5 Å². The number of fused-ring (bicyclic) bond motifs is 2. The van der Waals surface area contributed by atoms with Crippen molar-refractivity contribution in [3.8, 4) is 0 Å². The van der Waals surface area contributed by atoms with Crippen molar-refractivity contribution in [1.29, 1.82) is 0 Å². The predicted molar refractivity (Wildman–Crippen MR) is 104 cm³/mol. The average Bonchev–Trinajstić information content (AvgIpc) is 2.40. The zero-order valence-corrected chi connectivity index (χ0v) is 18.5. The molecule has 2 bridgehead atoms. The second kappa shape index (κ2) is 6.53. The van der Waals surface area contributed by atoms with Crippen LogP contribution in [0.5, 0.6) is 0 Å². The first kappa shape index (κ1) is 20.7. The zero-order chi connectivity index (χ0) is 19.1. The normalized spacial score (nSPS) is 29.8. The molecule has 1 aliphatic carbocycles. The van der Waals surface area contributed by atoms with Gasteiger partial charge in [0.1, 0.15) is 5.60 Å². The lowest BCUT2D eigenvalue weighted by Gasteiger charge is -2.61. The van der Waals surface area contributed by atoms with Gasteiger partial charge in [-0.1, -0.05) is 20.8 Å². The molecule has 0 aromatic rings.